The highest BCUT2D eigenvalue weighted by Gasteiger charge is 2.44. The van der Waals surface area contributed by atoms with Gasteiger partial charge in [-0.05, 0) is 38.5 Å². The lowest BCUT2D eigenvalue weighted by Gasteiger charge is -2.40. The minimum absolute atomic E-state index is 0.137. The number of allylic oxidation sites excluding steroid dienone is 2. The number of rotatable bonds is 49. The SMILES string of the molecule is CCCCCCCCCCC/C=C\CCCCCCCC(=O)NC(COC1OC(CO)C(O)C(O)C1O)C(O)CCCCCCCCCCCCCCCCCCCCCCCCCC. The molecule has 0 bridgehead atoms. The number of ether oxygens (including phenoxy) is 2. The number of hydrogen-bond acceptors (Lipinski definition) is 8. The predicted octanol–water partition coefficient (Wildman–Crippen LogP) is 13.6. The van der Waals surface area contributed by atoms with Gasteiger partial charge in [0.25, 0.3) is 0 Å². The van der Waals surface area contributed by atoms with E-state index in [-0.39, 0.29) is 12.5 Å². The average molecular weight is 924 g/mol. The van der Waals surface area contributed by atoms with Gasteiger partial charge in [-0.2, -0.15) is 0 Å². The van der Waals surface area contributed by atoms with Gasteiger partial charge < -0.3 is 40.3 Å². The van der Waals surface area contributed by atoms with E-state index in [0.29, 0.717) is 12.8 Å². The second kappa shape index (κ2) is 46.6. The Morgan fingerprint density at radius 2 is 0.862 bits per heavy atom. The minimum atomic E-state index is -1.55. The highest BCUT2D eigenvalue weighted by molar-refractivity contribution is 5.76. The summed E-state index contributed by atoms with van der Waals surface area (Å²) in [5.74, 6) is -0.148. The molecular formula is C56H109NO8. The molecule has 386 valence electrons. The van der Waals surface area contributed by atoms with Crippen LogP contribution in [0.15, 0.2) is 12.2 Å². The Kier molecular flexibility index (Phi) is 44.5. The molecule has 0 radical (unpaired) electrons. The standard InChI is InChI=1S/C56H109NO8/c1-3-5-7-9-11-13-15-17-19-21-23-24-25-26-27-28-29-31-33-35-37-39-41-43-45-50(59)49(48-64-56-55(63)54(62)53(61)51(47-58)65-56)57-52(60)46-44-42-40-38-36-34-32-30-22-20-18-16-14-12-10-8-6-4-2/h30,32,49-51,53-56,58-59,61-63H,3-29,31,33-48H2,1-2H3,(H,57,60)/b32-30-. The molecular weight excluding hydrogens is 815 g/mol. The summed E-state index contributed by atoms with van der Waals surface area (Å²) in [5, 5.41) is 54.6. The topological polar surface area (TPSA) is 149 Å². The van der Waals surface area contributed by atoms with Crippen LogP contribution in [-0.2, 0) is 14.3 Å². The van der Waals surface area contributed by atoms with Gasteiger partial charge in [-0.3, -0.25) is 4.79 Å². The van der Waals surface area contributed by atoms with Gasteiger partial charge >= 0.3 is 0 Å². The number of unbranched alkanes of at least 4 members (excludes halogenated alkanes) is 37. The molecule has 1 rings (SSSR count). The average Bonchev–Trinajstić information content (AvgIpc) is 3.31. The van der Waals surface area contributed by atoms with Crippen LogP contribution in [0.1, 0.15) is 284 Å². The first-order chi connectivity index (χ1) is 31.8. The lowest BCUT2D eigenvalue weighted by atomic mass is 9.99. The van der Waals surface area contributed by atoms with Crippen LogP contribution in [0.5, 0.6) is 0 Å². The van der Waals surface area contributed by atoms with Crippen molar-refractivity contribution in [3.05, 3.63) is 12.2 Å². The summed E-state index contributed by atoms with van der Waals surface area (Å²) in [7, 11) is 0. The van der Waals surface area contributed by atoms with E-state index in [2.05, 4.69) is 31.3 Å². The van der Waals surface area contributed by atoms with E-state index in [1.165, 1.54) is 205 Å². The molecule has 1 amide bonds. The fourth-order valence-electron chi connectivity index (χ4n) is 9.34. The molecule has 1 heterocycles. The van der Waals surface area contributed by atoms with E-state index < -0.39 is 49.5 Å². The molecule has 9 nitrogen and oxygen atoms in total. The molecule has 7 unspecified atom stereocenters. The fraction of sp³-hybridized carbons (Fsp3) is 0.946. The van der Waals surface area contributed by atoms with E-state index >= 15 is 0 Å². The Labute approximate surface area is 401 Å². The van der Waals surface area contributed by atoms with Crippen LogP contribution < -0.4 is 5.32 Å². The number of carbonyl (C=O) groups excluding carboxylic acids is 1. The van der Waals surface area contributed by atoms with Crippen LogP contribution in [0, 0.1) is 0 Å². The van der Waals surface area contributed by atoms with Gasteiger partial charge in [0.05, 0.1) is 25.4 Å². The molecule has 0 aliphatic carbocycles. The molecule has 7 atom stereocenters. The first kappa shape index (κ1) is 61.9. The highest BCUT2D eigenvalue weighted by atomic mass is 16.7. The lowest BCUT2D eigenvalue weighted by molar-refractivity contribution is -0.302. The predicted molar refractivity (Wildman–Crippen MR) is 272 cm³/mol. The third kappa shape index (κ3) is 36.6. The number of carbonyl (C=O) groups is 1. The van der Waals surface area contributed by atoms with Crippen LogP contribution in [0.25, 0.3) is 0 Å². The number of aliphatic hydroxyl groups excluding tert-OH is 5. The molecule has 1 saturated heterocycles. The maximum atomic E-state index is 13.0. The zero-order valence-corrected chi connectivity index (χ0v) is 42.8. The maximum absolute atomic E-state index is 13.0. The van der Waals surface area contributed by atoms with Crippen LogP contribution in [0.4, 0.5) is 0 Å². The lowest BCUT2D eigenvalue weighted by Crippen LogP contribution is -2.60. The molecule has 6 N–H and O–H groups in total. The van der Waals surface area contributed by atoms with Crippen molar-refractivity contribution in [2.45, 2.75) is 326 Å². The van der Waals surface area contributed by atoms with Crippen molar-refractivity contribution in [3.8, 4) is 0 Å². The molecule has 0 aromatic rings. The summed E-state index contributed by atoms with van der Waals surface area (Å²) in [6.07, 6.45) is 49.5. The van der Waals surface area contributed by atoms with Gasteiger partial charge in [0.15, 0.2) is 6.29 Å². The van der Waals surface area contributed by atoms with Crippen molar-refractivity contribution in [3.63, 3.8) is 0 Å². The zero-order valence-electron chi connectivity index (χ0n) is 42.8. The number of amides is 1. The third-order valence-electron chi connectivity index (χ3n) is 13.9. The van der Waals surface area contributed by atoms with E-state index in [1.807, 2.05) is 0 Å². The summed E-state index contributed by atoms with van der Waals surface area (Å²) < 4.78 is 11.3. The first-order valence-electron chi connectivity index (χ1n) is 28.4. The van der Waals surface area contributed by atoms with Gasteiger partial charge in [0.2, 0.25) is 5.91 Å². The van der Waals surface area contributed by atoms with E-state index in [1.54, 1.807) is 0 Å². The van der Waals surface area contributed by atoms with Crippen molar-refractivity contribution in [1.82, 2.24) is 5.32 Å². The first-order valence-corrected chi connectivity index (χ1v) is 28.4. The summed E-state index contributed by atoms with van der Waals surface area (Å²) in [4.78, 5) is 13.0. The third-order valence-corrected chi connectivity index (χ3v) is 13.9. The molecule has 0 saturated carbocycles. The largest absolute Gasteiger partial charge is 0.394 e. The molecule has 1 aliphatic heterocycles. The minimum Gasteiger partial charge on any atom is -0.394 e. The van der Waals surface area contributed by atoms with Crippen LogP contribution in [0.2, 0.25) is 0 Å². The molecule has 0 spiro atoms. The fourth-order valence-corrected chi connectivity index (χ4v) is 9.34. The van der Waals surface area contributed by atoms with Gasteiger partial charge in [0.1, 0.15) is 24.4 Å². The van der Waals surface area contributed by atoms with Gasteiger partial charge in [-0.25, -0.2) is 0 Å². The van der Waals surface area contributed by atoms with Crippen molar-refractivity contribution in [1.29, 1.82) is 0 Å². The second-order valence-corrected chi connectivity index (χ2v) is 20.1. The van der Waals surface area contributed by atoms with Crippen LogP contribution in [0.3, 0.4) is 0 Å². The molecule has 0 aromatic heterocycles. The second-order valence-electron chi connectivity index (χ2n) is 20.1. The van der Waals surface area contributed by atoms with Crippen molar-refractivity contribution in [2.75, 3.05) is 13.2 Å². The van der Waals surface area contributed by atoms with Gasteiger partial charge in [0, 0.05) is 6.42 Å². The number of hydrogen-bond donors (Lipinski definition) is 6. The summed E-state index contributed by atoms with van der Waals surface area (Å²) in [6.45, 7) is 3.87. The Hall–Kier alpha value is -1.07. The summed E-state index contributed by atoms with van der Waals surface area (Å²) in [5.41, 5.74) is 0. The van der Waals surface area contributed by atoms with Gasteiger partial charge in [-0.1, -0.05) is 251 Å². The molecule has 0 aromatic carbocycles. The monoisotopic (exact) mass is 924 g/mol. The molecule has 1 aliphatic rings. The van der Waals surface area contributed by atoms with Crippen molar-refractivity contribution < 1.29 is 39.8 Å². The van der Waals surface area contributed by atoms with Gasteiger partial charge in [-0.15, -0.1) is 0 Å². The summed E-state index contributed by atoms with van der Waals surface area (Å²) in [6, 6.07) is -0.721. The quantitative estimate of drug-likeness (QED) is 0.0261. The highest BCUT2D eigenvalue weighted by Crippen LogP contribution is 2.23. The normalized spacial score (nSPS) is 19.9. The molecule has 65 heavy (non-hydrogen) atoms. The van der Waals surface area contributed by atoms with Crippen molar-refractivity contribution in [2.24, 2.45) is 0 Å². The van der Waals surface area contributed by atoms with E-state index in [4.69, 9.17) is 9.47 Å². The number of aliphatic hydroxyl groups is 5. The Morgan fingerprint density at radius 3 is 1.25 bits per heavy atom. The van der Waals surface area contributed by atoms with E-state index in [0.717, 1.165) is 51.4 Å². The maximum Gasteiger partial charge on any atom is 0.220 e. The Balaban J connectivity index is 2.21. The Morgan fingerprint density at radius 1 is 0.508 bits per heavy atom. The number of nitrogens with one attached hydrogen (secondary N) is 1. The Bertz CT molecular complexity index is 1030. The van der Waals surface area contributed by atoms with E-state index in [9.17, 15) is 30.3 Å². The molecule has 9 heteroatoms. The van der Waals surface area contributed by atoms with Crippen LogP contribution in [-0.4, -0.2) is 87.5 Å². The van der Waals surface area contributed by atoms with Crippen LogP contribution >= 0.6 is 0 Å². The van der Waals surface area contributed by atoms with Crippen molar-refractivity contribution >= 4 is 5.91 Å². The summed E-state index contributed by atoms with van der Waals surface area (Å²) >= 11 is 0. The zero-order chi connectivity index (χ0) is 47.3. The smallest absolute Gasteiger partial charge is 0.220 e. The molecule has 1 fully saturated rings.